The van der Waals surface area contributed by atoms with Crippen molar-refractivity contribution in [3.05, 3.63) is 0 Å². The number of amides is 3. The van der Waals surface area contributed by atoms with Crippen molar-refractivity contribution in [3.8, 4) is 0 Å². The fourth-order valence-corrected chi connectivity index (χ4v) is 2.95. The third-order valence-electron chi connectivity index (χ3n) is 4.44. The van der Waals surface area contributed by atoms with Crippen LogP contribution in [0, 0.1) is 5.92 Å². The molecule has 0 radical (unpaired) electrons. The topological polar surface area (TPSA) is 107 Å². The number of nitrogens with zero attached hydrogens (tertiary/aromatic N) is 3. The Morgan fingerprint density at radius 3 is 1.86 bits per heavy atom. The fraction of sp³-hybridized carbons (Fsp3) is 0.786. The van der Waals surface area contributed by atoms with Gasteiger partial charge in [-0.15, -0.1) is 0 Å². The largest absolute Gasteiger partial charge is 0.395 e. The lowest BCUT2D eigenvalue weighted by Crippen LogP contribution is -2.54. The van der Waals surface area contributed by atoms with Crippen LogP contribution in [0.5, 0.6) is 0 Å². The number of aliphatic hydroxyl groups is 1. The van der Waals surface area contributed by atoms with E-state index in [4.69, 9.17) is 10.8 Å². The Hall–Kier alpha value is -1.67. The number of hydrogen-bond donors (Lipinski definition) is 2. The summed E-state index contributed by atoms with van der Waals surface area (Å²) >= 11 is 0. The Bertz CT molecular complexity index is 427. The minimum Gasteiger partial charge on any atom is -0.395 e. The Morgan fingerprint density at radius 2 is 1.41 bits per heavy atom. The number of piperidine rings is 1. The van der Waals surface area contributed by atoms with Crippen molar-refractivity contribution in [1.29, 1.82) is 0 Å². The summed E-state index contributed by atoms with van der Waals surface area (Å²) in [6.45, 7) is 3.85. The van der Waals surface area contributed by atoms with Crippen LogP contribution in [-0.2, 0) is 14.4 Å². The highest BCUT2D eigenvalue weighted by Gasteiger charge is 2.32. The number of carbonyl (C=O) groups excluding carboxylic acids is 3. The number of β-amino-alcohol motifs (C(OH)–C–C–N with tert-alkyl or cyclic N) is 1. The molecule has 8 heteroatoms. The zero-order valence-electron chi connectivity index (χ0n) is 12.7. The number of piperazine rings is 1. The Balaban J connectivity index is 1.81. The predicted molar refractivity (Wildman–Crippen MR) is 78.6 cm³/mol. The van der Waals surface area contributed by atoms with Crippen molar-refractivity contribution in [1.82, 2.24) is 14.7 Å². The number of rotatable bonds is 3. The number of nitrogens with two attached hydrogens (primary N) is 1. The summed E-state index contributed by atoms with van der Waals surface area (Å²) in [4.78, 5) is 40.8. The molecule has 2 heterocycles. The molecule has 2 aliphatic rings. The van der Waals surface area contributed by atoms with Crippen molar-refractivity contribution in [2.45, 2.75) is 12.8 Å². The van der Waals surface area contributed by atoms with Crippen LogP contribution in [0.25, 0.3) is 0 Å². The highest BCUT2D eigenvalue weighted by atomic mass is 16.3. The van der Waals surface area contributed by atoms with Crippen molar-refractivity contribution in [2.75, 3.05) is 52.4 Å². The van der Waals surface area contributed by atoms with Crippen LogP contribution in [0.4, 0.5) is 0 Å². The molecule has 0 saturated carbocycles. The number of likely N-dealkylation sites (tertiary alicyclic amines) is 1. The summed E-state index contributed by atoms with van der Waals surface area (Å²) in [6, 6.07) is 0. The van der Waals surface area contributed by atoms with Crippen LogP contribution in [0.3, 0.4) is 0 Å². The van der Waals surface area contributed by atoms with Crippen LogP contribution in [0.1, 0.15) is 12.8 Å². The lowest BCUT2D eigenvalue weighted by atomic mass is 9.96. The lowest BCUT2D eigenvalue weighted by molar-refractivity contribution is -0.153. The average molecular weight is 312 g/mol. The second-order valence-electron chi connectivity index (χ2n) is 5.83. The van der Waals surface area contributed by atoms with E-state index in [-0.39, 0.29) is 18.4 Å². The maximum atomic E-state index is 12.3. The monoisotopic (exact) mass is 312 g/mol. The minimum absolute atomic E-state index is 0.0989. The van der Waals surface area contributed by atoms with Crippen molar-refractivity contribution in [2.24, 2.45) is 11.7 Å². The number of aliphatic hydroxyl groups excluding tert-OH is 1. The van der Waals surface area contributed by atoms with Gasteiger partial charge in [0.25, 0.3) is 0 Å². The highest BCUT2D eigenvalue weighted by Crippen LogP contribution is 2.17. The molecule has 0 atom stereocenters. The second kappa shape index (κ2) is 7.55. The first-order valence-corrected chi connectivity index (χ1v) is 7.73. The first kappa shape index (κ1) is 16.7. The summed E-state index contributed by atoms with van der Waals surface area (Å²) in [7, 11) is 0. The van der Waals surface area contributed by atoms with Gasteiger partial charge < -0.3 is 20.6 Å². The molecular weight excluding hydrogens is 288 g/mol. The molecule has 22 heavy (non-hydrogen) atoms. The fourth-order valence-electron chi connectivity index (χ4n) is 2.95. The van der Waals surface area contributed by atoms with Gasteiger partial charge in [0, 0.05) is 51.7 Å². The van der Waals surface area contributed by atoms with Gasteiger partial charge in [-0.1, -0.05) is 0 Å². The zero-order chi connectivity index (χ0) is 16.1. The first-order chi connectivity index (χ1) is 10.5. The van der Waals surface area contributed by atoms with Crippen LogP contribution >= 0.6 is 0 Å². The van der Waals surface area contributed by atoms with E-state index < -0.39 is 11.8 Å². The van der Waals surface area contributed by atoms with Crippen molar-refractivity contribution in [3.63, 3.8) is 0 Å². The van der Waals surface area contributed by atoms with Gasteiger partial charge in [-0.3, -0.25) is 19.3 Å². The normalized spacial score (nSPS) is 21.0. The Labute approximate surface area is 129 Å². The number of primary amides is 1. The molecule has 0 aromatic heterocycles. The summed E-state index contributed by atoms with van der Waals surface area (Å²) in [5.41, 5.74) is 5.26. The van der Waals surface area contributed by atoms with E-state index in [1.165, 1.54) is 4.90 Å². The number of hydrogen-bond acceptors (Lipinski definition) is 5. The molecule has 2 rings (SSSR count). The maximum absolute atomic E-state index is 12.3. The highest BCUT2D eigenvalue weighted by molar-refractivity contribution is 6.34. The van der Waals surface area contributed by atoms with Gasteiger partial charge in [0.2, 0.25) is 5.91 Å². The molecule has 124 valence electrons. The molecule has 3 amide bonds. The quantitative estimate of drug-likeness (QED) is 0.578. The Kier molecular flexibility index (Phi) is 5.73. The molecule has 0 unspecified atom stereocenters. The minimum atomic E-state index is -0.487. The lowest BCUT2D eigenvalue weighted by Gasteiger charge is -2.36. The molecule has 2 saturated heterocycles. The molecule has 8 nitrogen and oxygen atoms in total. The first-order valence-electron chi connectivity index (χ1n) is 7.73. The predicted octanol–water partition coefficient (Wildman–Crippen LogP) is -2.15. The maximum Gasteiger partial charge on any atom is 0.312 e. The van der Waals surface area contributed by atoms with E-state index in [1.807, 2.05) is 0 Å². The Morgan fingerprint density at radius 1 is 0.909 bits per heavy atom. The molecule has 0 aromatic rings. The van der Waals surface area contributed by atoms with Gasteiger partial charge in [-0.25, -0.2) is 0 Å². The molecule has 0 aliphatic carbocycles. The van der Waals surface area contributed by atoms with Gasteiger partial charge in [-0.05, 0) is 12.8 Å². The van der Waals surface area contributed by atoms with Crippen molar-refractivity contribution < 1.29 is 19.5 Å². The van der Waals surface area contributed by atoms with Gasteiger partial charge in [0.05, 0.1) is 6.61 Å². The van der Waals surface area contributed by atoms with Gasteiger partial charge in [0.15, 0.2) is 0 Å². The molecule has 2 aliphatic heterocycles. The van der Waals surface area contributed by atoms with Gasteiger partial charge in [0.1, 0.15) is 0 Å². The second-order valence-corrected chi connectivity index (χ2v) is 5.83. The van der Waals surface area contributed by atoms with Crippen molar-refractivity contribution >= 4 is 17.7 Å². The van der Waals surface area contributed by atoms with Crippen LogP contribution in [0.2, 0.25) is 0 Å². The smallest absolute Gasteiger partial charge is 0.312 e. The molecule has 0 bridgehead atoms. The SMILES string of the molecule is NC(=O)C1CCN(C(=O)C(=O)N2CCN(CCO)CC2)CC1. The van der Waals surface area contributed by atoms with Crippen LogP contribution < -0.4 is 5.73 Å². The third kappa shape index (κ3) is 3.95. The van der Waals surface area contributed by atoms with E-state index in [9.17, 15) is 14.4 Å². The van der Waals surface area contributed by atoms with E-state index in [1.54, 1.807) is 4.90 Å². The standard InChI is InChI=1S/C14H24N4O4/c15-12(20)11-1-3-17(4-2-11)13(21)14(22)18-7-5-16(6-8-18)9-10-19/h11,19H,1-10H2,(H2,15,20). The zero-order valence-corrected chi connectivity index (χ0v) is 12.7. The van der Waals surface area contributed by atoms with E-state index in [2.05, 4.69) is 4.90 Å². The van der Waals surface area contributed by atoms with E-state index in [0.29, 0.717) is 58.7 Å². The van der Waals surface area contributed by atoms with E-state index >= 15 is 0 Å². The number of carbonyl (C=O) groups is 3. The summed E-state index contributed by atoms with van der Waals surface area (Å²) in [5, 5.41) is 8.90. The van der Waals surface area contributed by atoms with E-state index in [0.717, 1.165) is 0 Å². The van der Waals surface area contributed by atoms with Crippen LogP contribution in [-0.4, -0.2) is 89.9 Å². The summed E-state index contributed by atoms with van der Waals surface area (Å²) in [6.07, 6.45) is 1.05. The molecule has 0 spiro atoms. The summed E-state index contributed by atoms with van der Waals surface area (Å²) in [5.74, 6) is -1.49. The molecular formula is C14H24N4O4. The molecule has 0 aromatic carbocycles. The van der Waals surface area contributed by atoms with Gasteiger partial charge in [-0.2, -0.15) is 0 Å². The third-order valence-corrected chi connectivity index (χ3v) is 4.44. The molecule has 2 fully saturated rings. The van der Waals surface area contributed by atoms with Crippen LogP contribution in [0.15, 0.2) is 0 Å². The average Bonchev–Trinajstić information content (AvgIpc) is 2.54. The van der Waals surface area contributed by atoms with Gasteiger partial charge >= 0.3 is 11.8 Å². The summed E-state index contributed by atoms with van der Waals surface area (Å²) < 4.78 is 0. The molecule has 3 N–H and O–H groups in total.